The van der Waals surface area contributed by atoms with Crippen LogP contribution >= 0.6 is 0 Å². The van der Waals surface area contributed by atoms with Gasteiger partial charge in [0.2, 0.25) is 11.8 Å². The molecule has 180 valence electrons. The maximum atomic E-state index is 13.6. The van der Waals surface area contributed by atoms with E-state index in [2.05, 4.69) is 25.0 Å². The summed E-state index contributed by atoms with van der Waals surface area (Å²) in [6.07, 6.45) is 0.168. The van der Waals surface area contributed by atoms with Gasteiger partial charge in [0.15, 0.2) is 12.4 Å². The van der Waals surface area contributed by atoms with Crippen LogP contribution in [0.1, 0.15) is 42.3 Å². The molecule has 0 spiro atoms. The van der Waals surface area contributed by atoms with Crippen molar-refractivity contribution in [1.82, 2.24) is 29.7 Å². The number of nitrogens with zero attached hydrogens (tertiary/aromatic N) is 6. The largest absolute Gasteiger partial charge is 0.469 e. The van der Waals surface area contributed by atoms with E-state index in [4.69, 9.17) is 10.5 Å². The Morgan fingerprint density at radius 3 is 2.57 bits per heavy atom. The second kappa shape index (κ2) is 9.32. The number of hydrogen-bond acceptors (Lipinski definition) is 7. The Balaban J connectivity index is 1.62. The van der Waals surface area contributed by atoms with E-state index in [0.717, 1.165) is 31.6 Å². The third-order valence-electron chi connectivity index (χ3n) is 5.65. The number of benzene rings is 1. The molecule has 11 heteroatoms. The van der Waals surface area contributed by atoms with Gasteiger partial charge in [0, 0.05) is 24.2 Å². The van der Waals surface area contributed by atoms with Crippen molar-refractivity contribution in [3.8, 4) is 28.3 Å². The van der Waals surface area contributed by atoms with Crippen molar-refractivity contribution in [2.24, 2.45) is 0 Å². The van der Waals surface area contributed by atoms with Crippen LogP contribution in [-0.2, 0) is 19.6 Å². The van der Waals surface area contributed by atoms with Crippen molar-refractivity contribution < 1.29 is 17.9 Å². The molecule has 0 unspecified atom stereocenters. The first kappa shape index (κ1) is 22.8. The molecule has 1 aliphatic rings. The fourth-order valence-electron chi connectivity index (χ4n) is 4.12. The number of aryl methyl sites for hydroxylation is 3. The normalized spacial score (nSPS) is 13.2. The third-order valence-corrected chi connectivity index (χ3v) is 5.65. The van der Waals surface area contributed by atoms with Gasteiger partial charge in [-0.1, -0.05) is 0 Å². The summed E-state index contributed by atoms with van der Waals surface area (Å²) in [6.45, 7) is 2.42. The molecule has 0 saturated carbocycles. The molecule has 4 aromatic rings. The monoisotopic (exact) mass is 481 g/mol. The highest BCUT2D eigenvalue weighted by atomic mass is 19.3. The van der Waals surface area contributed by atoms with E-state index < -0.39 is 17.9 Å². The Morgan fingerprint density at radius 2 is 1.83 bits per heavy atom. The summed E-state index contributed by atoms with van der Waals surface area (Å²) in [4.78, 5) is 17.1. The summed E-state index contributed by atoms with van der Waals surface area (Å²) in [6, 6.07) is 8.50. The predicted octanol–water partition coefficient (Wildman–Crippen LogP) is 4.68. The molecule has 1 aliphatic heterocycles. The van der Waals surface area contributed by atoms with Gasteiger partial charge in [0.05, 0.1) is 11.3 Å². The fourth-order valence-corrected chi connectivity index (χ4v) is 4.12. The van der Waals surface area contributed by atoms with Gasteiger partial charge in [-0.2, -0.15) is 10.1 Å². The van der Waals surface area contributed by atoms with Crippen LogP contribution < -0.4 is 10.5 Å². The van der Waals surface area contributed by atoms with Crippen LogP contribution in [0, 0.1) is 12.7 Å². The van der Waals surface area contributed by atoms with E-state index in [1.807, 2.05) is 4.68 Å². The Bertz CT molecular complexity index is 1350. The first-order valence-corrected chi connectivity index (χ1v) is 11.1. The number of alkyl halides is 2. The van der Waals surface area contributed by atoms with E-state index in [-0.39, 0.29) is 18.4 Å². The SMILES string of the molecule is Cc1cc(-c2c(OCc3nc4n(n3)CCCC4)nc(N)nc2-c2ccc(F)cc2)cc(C(F)F)n1. The number of nitrogens with two attached hydrogens (primary N) is 1. The smallest absolute Gasteiger partial charge is 0.280 e. The molecule has 0 radical (unpaired) electrons. The van der Waals surface area contributed by atoms with E-state index in [9.17, 15) is 13.2 Å². The molecule has 0 amide bonds. The number of ether oxygens (including phenoxy) is 1. The number of hydrogen-bond donors (Lipinski definition) is 1. The zero-order valence-electron chi connectivity index (χ0n) is 18.9. The van der Waals surface area contributed by atoms with Gasteiger partial charge in [0.25, 0.3) is 6.43 Å². The van der Waals surface area contributed by atoms with Gasteiger partial charge in [-0.25, -0.2) is 27.8 Å². The van der Waals surface area contributed by atoms with Crippen LogP contribution in [0.5, 0.6) is 5.88 Å². The van der Waals surface area contributed by atoms with Gasteiger partial charge in [-0.05, 0) is 61.7 Å². The molecular weight excluding hydrogens is 459 g/mol. The number of fused-ring (bicyclic) bond motifs is 1. The second-order valence-corrected chi connectivity index (χ2v) is 8.25. The molecule has 1 aromatic carbocycles. The van der Waals surface area contributed by atoms with E-state index in [0.29, 0.717) is 33.9 Å². The number of aromatic nitrogens is 6. The second-order valence-electron chi connectivity index (χ2n) is 8.25. The maximum Gasteiger partial charge on any atom is 0.280 e. The highest BCUT2D eigenvalue weighted by Gasteiger charge is 2.22. The number of rotatable bonds is 6. The zero-order chi connectivity index (χ0) is 24.5. The fraction of sp³-hybridized carbons (Fsp3) is 0.292. The van der Waals surface area contributed by atoms with Gasteiger partial charge < -0.3 is 10.5 Å². The summed E-state index contributed by atoms with van der Waals surface area (Å²) < 4.78 is 48.6. The van der Waals surface area contributed by atoms with E-state index >= 15 is 0 Å². The summed E-state index contributed by atoms with van der Waals surface area (Å²) in [7, 11) is 0. The molecule has 35 heavy (non-hydrogen) atoms. The standard InChI is InChI=1S/C24H22F3N7O/c1-13-10-15(11-17(29-13)22(26)27)20-21(14-5-7-16(25)8-6-14)31-24(28)32-23(20)35-12-18-30-19-4-2-3-9-34(19)33-18/h5-8,10-11,22H,2-4,9,12H2,1H3,(H2,28,31,32). The Kier molecular flexibility index (Phi) is 6.06. The van der Waals surface area contributed by atoms with Gasteiger partial charge in [-0.15, -0.1) is 0 Å². The van der Waals surface area contributed by atoms with Crippen LogP contribution in [0.3, 0.4) is 0 Å². The minimum Gasteiger partial charge on any atom is -0.469 e. The first-order valence-electron chi connectivity index (χ1n) is 11.1. The molecular formula is C24H22F3N7O. The topological polar surface area (TPSA) is 105 Å². The molecule has 4 heterocycles. The lowest BCUT2D eigenvalue weighted by atomic mass is 9.99. The Labute approximate surface area is 199 Å². The molecule has 0 saturated heterocycles. The number of nitrogen functional groups attached to an aromatic ring is 1. The molecule has 3 aromatic heterocycles. The molecule has 0 aliphatic carbocycles. The Hall–Kier alpha value is -4.02. The van der Waals surface area contributed by atoms with Crippen molar-refractivity contribution in [3.63, 3.8) is 0 Å². The van der Waals surface area contributed by atoms with Crippen molar-refractivity contribution in [1.29, 1.82) is 0 Å². The van der Waals surface area contributed by atoms with Crippen molar-refractivity contribution >= 4 is 5.95 Å². The minimum atomic E-state index is -2.77. The van der Waals surface area contributed by atoms with Crippen molar-refractivity contribution in [2.75, 3.05) is 5.73 Å². The van der Waals surface area contributed by atoms with E-state index in [1.165, 1.54) is 30.3 Å². The Morgan fingerprint density at radius 1 is 1.03 bits per heavy atom. The highest BCUT2D eigenvalue weighted by Crippen LogP contribution is 2.39. The van der Waals surface area contributed by atoms with Crippen LogP contribution in [0.15, 0.2) is 36.4 Å². The van der Waals surface area contributed by atoms with Crippen LogP contribution in [0.4, 0.5) is 19.1 Å². The summed E-state index contributed by atoms with van der Waals surface area (Å²) in [5, 5.41) is 4.49. The van der Waals surface area contributed by atoms with Crippen molar-refractivity contribution in [2.45, 2.75) is 45.8 Å². The summed E-state index contributed by atoms with van der Waals surface area (Å²) in [5.41, 5.74) is 7.52. The van der Waals surface area contributed by atoms with Gasteiger partial charge >= 0.3 is 0 Å². The average Bonchev–Trinajstić information content (AvgIpc) is 3.25. The quantitative estimate of drug-likeness (QED) is 0.426. The number of halogens is 3. The zero-order valence-corrected chi connectivity index (χ0v) is 18.9. The lowest BCUT2D eigenvalue weighted by Crippen LogP contribution is -2.11. The van der Waals surface area contributed by atoms with Crippen LogP contribution in [-0.4, -0.2) is 29.7 Å². The summed E-state index contributed by atoms with van der Waals surface area (Å²) >= 11 is 0. The lowest BCUT2D eigenvalue weighted by Gasteiger charge is -2.16. The number of anilines is 1. The minimum absolute atomic E-state index is 0.00190. The third kappa shape index (κ3) is 4.79. The van der Waals surface area contributed by atoms with Crippen LogP contribution in [0.25, 0.3) is 22.4 Å². The lowest BCUT2D eigenvalue weighted by molar-refractivity contribution is 0.146. The number of pyridine rings is 1. The average molecular weight is 481 g/mol. The molecule has 5 rings (SSSR count). The predicted molar refractivity (Wildman–Crippen MR) is 122 cm³/mol. The highest BCUT2D eigenvalue weighted by molar-refractivity contribution is 5.85. The molecule has 8 nitrogen and oxygen atoms in total. The molecule has 0 bridgehead atoms. The summed E-state index contributed by atoms with van der Waals surface area (Å²) in [5.74, 6) is 0.946. The van der Waals surface area contributed by atoms with Gasteiger partial charge in [0.1, 0.15) is 17.3 Å². The van der Waals surface area contributed by atoms with Crippen molar-refractivity contribution in [3.05, 3.63) is 65.3 Å². The molecule has 0 atom stereocenters. The van der Waals surface area contributed by atoms with Gasteiger partial charge in [-0.3, -0.25) is 4.98 Å². The first-order chi connectivity index (χ1) is 16.9. The molecule has 0 fully saturated rings. The van der Waals surface area contributed by atoms with Crippen LogP contribution in [0.2, 0.25) is 0 Å². The molecule has 2 N–H and O–H groups in total. The maximum absolute atomic E-state index is 13.6. The van der Waals surface area contributed by atoms with E-state index in [1.54, 1.807) is 13.0 Å².